The lowest BCUT2D eigenvalue weighted by atomic mass is 9.90. The molecule has 0 bridgehead atoms. The van der Waals surface area contributed by atoms with E-state index in [-0.39, 0.29) is 37.1 Å². The highest BCUT2D eigenvalue weighted by atomic mass is 19.4. The summed E-state index contributed by atoms with van der Waals surface area (Å²) in [6.45, 7) is 0.754. The van der Waals surface area contributed by atoms with Crippen molar-refractivity contribution >= 4 is 5.97 Å². The summed E-state index contributed by atoms with van der Waals surface area (Å²) in [5.41, 5.74) is -0.136. The van der Waals surface area contributed by atoms with Crippen LogP contribution in [0.1, 0.15) is 45.7 Å². The minimum absolute atomic E-state index is 0.0821. The van der Waals surface area contributed by atoms with Crippen molar-refractivity contribution in [2.75, 3.05) is 26.8 Å². The average molecular weight is 630 g/mol. The van der Waals surface area contributed by atoms with Crippen molar-refractivity contribution in [2.24, 2.45) is 0 Å². The van der Waals surface area contributed by atoms with Crippen LogP contribution in [0.5, 0.6) is 5.75 Å². The molecular weight excluding hydrogens is 596 g/mol. The van der Waals surface area contributed by atoms with Gasteiger partial charge in [-0.3, -0.25) is 9.69 Å². The maximum absolute atomic E-state index is 13.6. The molecule has 238 valence electrons. The van der Waals surface area contributed by atoms with E-state index >= 15 is 0 Å². The van der Waals surface area contributed by atoms with E-state index in [1.807, 2.05) is 65.6 Å². The zero-order chi connectivity index (χ0) is 32.5. The van der Waals surface area contributed by atoms with Gasteiger partial charge in [-0.25, -0.2) is 0 Å². The Labute approximate surface area is 258 Å². The summed E-state index contributed by atoms with van der Waals surface area (Å²) in [6, 6.07) is 27.8. The third-order valence-electron chi connectivity index (χ3n) is 7.26. The van der Waals surface area contributed by atoms with Crippen LogP contribution in [0.4, 0.5) is 26.3 Å². The second-order valence-corrected chi connectivity index (χ2v) is 10.6. The Morgan fingerprint density at radius 3 is 1.84 bits per heavy atom. The minimum Gasteiger partial charge on any atom is -0.494 e. The number of carbonyl (C=O) groups excluding carboxylic acids is 1. The van der Waals surface area contributed by atoms with E-state index < -0.39 is 29.4 Å². The predicted molar refractivity (Wildman–Crippen MR) is 159 cm³/mol. The molecule has 0 fully saturated rings. The van der Waals surface area contributed by atoms with Gasteiger partial charge in [-0.1, -0.05) is 72.8 Å². The Morgan fingerprint density at radius 1 is 0.733 bits per heavy atom. The highest BCUT2D eigenvalue weighted by molar-refractivity contribution is 5.72. The predicted octanol–water partition coefficient (Wildman–Crippen LogP) is 8.54. The van der Waals surface area contributed by atoms with Gasteiger partial charge >= 0.3 is 18.3 Å². The lowest BCUT2D eigenvalue weighted by Gasteiger charge is -2.29. The van der Waals surface area contributed by atoms with E-state index in [1.165, 1.54) is 7.11 Å². The van der Waals surface area contributed by atoms with Gasteiger partial charge in [0.1, 0.15) is 5.75 Å². The summed E-state index contributed by atoms with van der Waals surface area (Å²) in [5.74, 6) is -0.0595. The molecule has 4 rings (SSSR count). The first-order valence-corrected chi connectivity index (χ1v) is 14.3. The smallest absolute Gasteiger partial charge is 0.416 e. The molecule has 10 heteroatoms. The molecule has 45 heavy (non-hydrogen) atoms. The summed E-state index contributed by atoms with van der Waals surface area (Å²) in [4.78, 5) is 13.5. The molecule has 0 aliphatic rings. The van der Waals surface area contributed by atoms with E-state index in [2.05, 4.69) is 0 Å². The Bertz CT molecular complexity index is 1450. The molecule has 0 saturated heterocycles. The zero-order valence-electron chi connectivity index (χ0n) is 24.6. The number of nitrogens with zero attached hydrogens (tertiary/aromatic N) is 1. The SMILES string of the molecule is COC(=O)Cc1cccc(OCCCN(Cc2cc(C(F)(F)F)cc(C(F)(F)F)c2)CC(c2ccccc2)c2ccccc2)c1. The number of hydrogen-bond acceptors (Lipinski definition) is 4. The fourth-order valence-electron chi connectivity index (χ4n) is 5.10. The highest BCUT2D eigenvalue weighted by Gasteiger charge is 2.37. The van der Waals surface area contributed by atoms with Crippen LogP contribution in [-0.2, 0) is 34.8 Å². The molecule has 0 aromatic heterocycles. The van der Waals surface area contributed by atoms with Crippen LogP contribution >= 0.6 is 0 Å². The number of alkyl halides is 6. The van der Waals surface area contributed by atoms with Crippen LogP contribution in [0.25, 0.3) is 0 Å². The molecule has 4 nitrogen and oxygen atoms in total. The highest BCUT2D eigenvalue weighted by Crippen LogP contribution is 2.37. The maximum Gasteiger partial charge on any atom is 0.416 e. The van der Waals surface area contributed by atoms with Crippen LogP contribution in [-0.4, -0.2) is 37.7 Å². The summed E-state index contributed by atoms with van der Waals surface area (Å²) < 4.78 is 92.4. The number of rotatable bonds is 13. The summed E-state index contributed by atoms with van der Waals surface area (Å²) in [5, 5.41) is 0. The van der Waals surface area contributed by atoms with Gasteiger partial charge in [-0.05, 0) is 59.0 Å². The van der Waals surface area contributed by atoms with Gasteiger partial charge in [0.2, 0.25) is 0 Å². The molecule has 0 N–H and O–H groups in total. The second-order valence-electron chi connectivity index (χ2n) is 10.6. The topological polar surface area (TPSA) is 38.8 Å². The average Bonchev–Trinajstić information content (AvgIpc) is 3.01. The molecule has 0 saturated carbocycles. The normalized spacial score (nSPS) is 12.0. The molecule has 0 spiro atoms. The first-order valence-electron chi connectivity index (χ1n) is 14.3. The summed E-state index contributed by atoms with van der Waals surface area (Å²) in [6.07, 6.45) is -9.36. The van der Waals surface area contributed by atoms with E-state index in [1.54, 1.807) is 24.3 Å². The Balaban J connectivity index is 1.59. The third-order valence-corrected chi connectivity index (χ3v) is 7.26. The van der Waals surface area contributed by atoms with Gasteiger partial charge < -0.3 is 9.47 Å². The largest absolute Gasteiger partial charge is 0.494 e. The van der Waals surface area contributed by atoms with Crippen molar-refractivity contribution in [1.29, 1.82) is 0 Å². The van der Waals surface area contributed by atoms with Crippen molar-refractivity contribution in [1.82, 2.24) is 4.90 Å². The van der Waals surface area contributed by atoms with Crippen LogP contribution in [0.3, 0.4) is 0 Å². The maximum atomic E-state index is 13.6. The lowest BCUT2D eigenvalue weighted by Crippen LogP contribution is -2.31. The molecule has 4 aromatic rings. The fourth-order valence-corrected chi connectivity index (χ4v) is 5.10. The molecule has 0 radical (unpaired) electrons. The van der Waals surface area contributed by atoms with E-state index in [0.29, 0.717) is 30.8 Å². The molecular formula is C35H33F6NO3. The molecule has 0 heterocycles. The number of benzene rings is 4. The van der Waals surface area contributed by atoms with Gasteiger partial charge in [0, 0.05) is 25.6 Å². The standard InChI is InChI=1S/C35H33F6NO3/c1-44-33(43)21-25-10-8-15-31(20-25)45-17-9-16-42(23-26-18-29(34(36,37)38)22-30(19-26)35(39,40)41)24-32(27-11-4-2-5-12-27)28-13-6-3-7-14-28/h2-8,10-15,18-20,22,32H,9,16-17,21,23-24H2,1H3. The number of halogens is 6. The summed E-state index contributed by atoms with van der Waals surface area (Å²) in [7, 11) is 1.30. The van der Waals surface area contributed by atoms with Gasteiger partial charge in [0.15, 0.2) is 0 Å². The molecule has 0 unspecified atom stereocenters. The minimum atomic E-state index is -4.94. The van der Waals surface area contributed by atoms with Crippen LogP contribution < -0.4 is 4.74 Å². The number of carbonyl (C=O) groups is 1. The van der Waals surface area contributed by atoms with E-state index in [9.17, 15) is 31.1 Å². The Kier molecular flexibility index (Phi) is 11.3. The molecule has 4 aromatic carbocycles. The van der Waals surface area contributed by atoms with E-state index in [0.717, 1.165) is 23.3 Å². The quantitative estimate of drug-likeness (QED) is 0.0844. The van der Waals surface area contributed by atoms with Crippen molar-refractivity contribution in [3.8, 4) is 5.75 Å². The number of ether oxygens (including phenoxy) is 2. The molecule has 0 aliphatic heterocycles. The van der Waals surface area contributed by atoms with Crippen molar-refractivity contribution < 1.29 is 40.6 Å². The van der Waals surface area contributed by atoms with Crippen molar-refractivity contribution in [3.63, 3.8) is 0 Å². The Morgan fingerprint density at radius 2 is 1.31 bits per heavy atom. The molecule has 0 amide bonds. The van der Waals surface area contributed by atoms with Crippen LogP contribution in [0.15, 0.2) is 103 Å². The monoisotopic (exact) mass is 629 g/mol. The zero-order valence-corrected chi connectivity index (χ0v) is 24.6. The molecule has 0 atom stereocenters. The van der Waals surface area contributed by atoms with Crippen LogP contribution in [0, 0.1) is 0 Å². The first-order chi connectivity index (χ1) is 21.4. The molecule has 0 aliphatic carbocycles. The number of methoxy groups -OCH3 is 1. The number of hydrogen-bond donors (Lipinski definition) is 0. The number of esters is 1. The van der Waals surface area contributed by atoms with Crippen LogP contribution in [0.2, 0.25) is 0 Å². The van der Waals surface area contributed by atoms with Crippen molar-refractivity contribution in [3.05, 3.63) is 137 Å². The summed E-state index contributed by atoms with van der Waals surface area (Å²) >= 11 is 0. The first kappa shape index (κ1) is 33.6. The van der Waals surface area contributed by atoms with Gasteiger partial charge in [0.05, 0.1) is 31.3 Å². The van der Waals surface area contributed by atoms with Gasteiger partial charge in [-0.2, -0.15) is 26.3 Å². The Hall–Kier alpha value is -4.31. The van der Waals surface area contributed by atoms with Gasteiger partial charge in [0.25, 0.3) is 0 Å². The van der Waals surface area contributed by atoms with Gasteiger partial charge in [-0.15, -0.1) is 0 Å². The fraction of sp³-hybridized carbons (Fsp3) is 0.286. The van der Waals surface area contributed by atoms with E-state index in [4.69, 9.17) is 9.47 Å². The van der Waals surface area contributed by atoms with Crippen molar-refractivity contribution in [2.45, 2.75) is 37.7 Å². The third kappa shape index (κ3) is 10.1. The second kappa shape index (κ2) is 15.1. The lowest BCUT2D eigenvalue weighted by molar-refractivity contribution is -0.143.